The number of carbonyl (C=O) groups is 2. The van der Waals surface area contributed by atoms with Gasteiger partial charge in [-0.15, -0.1) is 5.10 Å². The first kappa shape index (κ1) is 28.5. The summed E-state index contributed by atoms with van der Waals surface area (Å²) < 4.78 is 14.5. The van der Waals surface area contributed by atoms with Crippen molar-refractivity contribution in [2.75, 3.05) is 0 Å². The first-order valence-electron chi connectivity index (χ1n) is 14.4. The lowest BCUT2D eigenvalue weighted by molar-refractivity contribution is -0.172. The molecule has 3 aromatic heterocycles. The molecular formula is C30H32N6O7. The molecule has 2 aliphatic heterocycles. The zero-order valence-corrected chi connectivity index (χ0v) is 23.7. The van der Waals surface area contributed by atoms with Gasteiger partial charge in [-0.05, 0) is 49.6 Å². The second-order valence-corrected chi connectivity index (χ2v) is 10.9. The van der Waals surface area contributed by atoms with Crippen LogP contribution in [0.5, 0.6) is 5.75 Å². The van der Waals surface area contributed by atoms with Crippen molar-refractivity contribution >= 4 is 22.8 Å². The van der Waals surface area contributed by atoms with Crippen molar-refractivity contribution in [1.29, 1.82) is 0 Å². The lowest BCUT2D eigenvalue weighted by Gasteiger charge is -2.31. The van der Waals surface area contributed by atoms with E-state index in [4.69, 9.17) is 19.7 Å². The molecule has 13 nitrogen and oxygen atoms in total. The zero-order chi connectivity index (χ0) is 30.1. The molecule has 43 heavy (non-hydrogen) atoms. The van der Waals surface area contributed by atoms with Gasteiger partial charge >= 0.3 is 5.97 Å². The molecule has 13 heteroatoms. The van der Waals surface area contributed by atoms with Crippen molar-refractivity contribution in [3.8, 4) is 17.1 Å². The smallest absolute Gasteiger partial charge is 0.343 e. The van der Waals surface area contributed by atoms with E-state index < -0.39 is 11.6 Å². The van der Waals surface area contributed by atoms with E-state index in [9.17, 15) is 19.5 Å². The summed E-state index contributed by atoms with van der Waals surface area (Å²) >= 11 is 0. The second kappa shape index (κ2) is 11.6. The van der Waals surface area contributed by atoms with Crippen LogP contribution in [-0.2, 0) is 46.2 Å². The number of hydrogen-bond acceptors (Lipinski definition) is 10. The number of nitrogens with zero attached hydrogens (tertiary/aromatic N) is 5. The molecule has 6 rings (SSSR count). The molecular weight excluding hydrogens is 556 g/mol. The van der Waals surface area contributed by atoms with Crippen molar-refractivity contribution in [2.24, 2.45) is 0 Å². The van der Waals surface area contributed by atoms with Crippen LogP contribution in [0.1, 0.15) is 67.8 Å². The van der Waals surface area contributed by atoms with Crippen molar-refractivity contribution in [2.45, 2.75) is 77.4 Å². The van der Waals surface area contributed by atoms with Gasteiger partial charge in [0.25, 0.3) is 5.56 Å². The molecule has 3 N–H and O–H groups in total. The number of cyclic esters (lactones) is 1. The summed E-state index contributed by atoms with van der Waals surface area (Å²) in [6, 6.07) is 9.25. The van der Waals surface area contributed by atoms with Gasteiger partial charge in [-0.3, -0.25) is 19.5 Å². The summed E-state index contributed by atoms with van der Waals surface area (Å²) in [7, 11) is 0. The minimum atomic E-state index is -1.86. The van der Waals surface area contributed by atoms with Crippen LogP contribution in [-0.4, -0.2) is 46.7 Å². The molecule has 5 heterocycles. The largest absolute Gasteiger partial charge is 0.487 e. The minimum absolute atomic E-state index is 0.0911. The fourth-order valence-electron chi connectivity index (χ4n) is 5.69. The molecule has 0 saturated heterocycles. The first-order valence-corrected chi connectivity index (χ1v) is 14.4. The number of amides is 1. The number of fused-ring (bicyclic) bond motifs is 5. The van der Waals surface area contributed by atoms with E-state index in [1.807, 2.05) is 30.5 Å². The highest BCUT2D eigenvalue weighted by Gasteiger charge is 2.45. The molecule has 0 unspecified atom stereocenters. The molecule has 0 fully saturated rings. The monoisotopic (exact) mass is 588 g/mol. The van der Waals surface area contributed by atoms with Crippen LogP contribution in [0.4, 0.5) is 0 Å². The standard InChI is InChI=1S/C30H32N6O7/c1-2-30(40)23-13-25-27-19(14-36(25)28(38)22(23)17-43-29(30)39)11-18-12-21(8-9-24(18)31-27)42-16-20-15-35(34-32-20)10-6-4-3-5-7-26(37)33-41/h8-9,11-13,15,40-41H,2-7,10,14,16-17H2,1H3,(H,33,37)/t30-/m0/s1. The number of aryl methyl sites for hydroxylation is 1. The molecule has 0 saturated carbocycles. The Morgan fingerprint density at radius 1 is 1.16 bits per heavy atom. The summed E-state index contributed by atoms with van der Waals surface area (Å²) in [4.78, 5) is 41.6. The summed E-state index contributed by atoms with van der Waals surface area (Å²) in [5.74, 6) is -0.469. The Hall–Kier alpha value is -4.62. The number of aliphatic hydroxyl groups is 1. The van der Waals surface area contributed by atoms with Gasteiger partial charge in [0.05, 0.1) is 35.2 Å². The molecule has 0 spiro atoms. The predicted molar refractivity (Wildman–Crippen MR) is 152 cm³/mol. The zero-order valence-electron chi connectivity index (χ0n) is 23.7. The quantitative estimate of drug-likeness (QED) is 0.0902. The molecule has 224 valence electrons. The van der Waals surface area contributed by atoms with E-state index in [0.29, 0.717) is 53.5 Å². The first-order chi connectivity index (χ1) is 20.8. The van der Waals surface area contributed by atoms with Crippen LogP contribution >= 0.6 is 0 Å². The fraction of sp³-hybridized carbons (Fsp3) is 0.400. The van der Waals surface area contributed by atoms with Crippen molar-refractivity contribution in [3.63, 3.8) is 0 Å². The number of benzene rings is 1. The summed E-state index contributed by atoms with van der Waals surface area (Å²) in [6.07, 6.45) is 5.71. The van der Waals surface area contributed by atoms with Gasteiger partial charge < -0.3 is 19.1 Å². The van der Waals surface area contributed by atoms with E-state index in [0.717, 1.165) is 42.1 Å². The maximum absolute atomic E-state index is 13.4. The van der Waals surface area contributed by atoms with E-state index in [1.54, 1.807) is 27.7 Å². The van der Waals surface area contributed by atoms with Crippen LogP contribution in [0.15, 0.2) is 41.3 Å². The Bertz CT molecular complexity index is 1780. The molecule has 0 radical (unpaired) electrons. The van der Waals surface area contributed by atoms with E-state index in [-0.39, 0.29) is 31.1 Å². The van der Waals surface area contributed by atoms with Crippen molar-refractivity contribution in [3.05, 3.63) is 69.3 Å². The lowest BCUT2D eigenvalue weighted by Crippen LogP contribution is -2.44. The van der Waals surface area contributed by atoms with Crippen LogP contribution in [0.2, 0.25) is 0 Å². The van der Waals surface area contributed by atoms with E-state index in [1.165, 1.54) is 0 Å². The Morgan fingerprint density at radius 2 is 2.00 bits per heavy atom. The number of esters is 1. The maximum Gasteiger partial charge on any atom is 0.343 e. The SMILES string of the molecule is CC[C@@]1(O)C(=O)OCc2c1cc1n(c2=O)Cc2cc3cc(OCc4cn(CCCCCCC(=O)NO)nn4)ccc3nc2-1. The van der Waals surface area contributed by atoms with Crippen molar-refractivity contribution < 1.29 is 29.4 Å². The highest BCUT2D eigenvalue weighted by atomic mass is 16.6. The Labute approximate surface area is 246 Å². The second-order valence-electron chi connectivity index (χ2n) is 10.9. The molecule has 4 aromatic rings. The topological polar surface area (TPSA) is 171 Å². The Kier molecular flexibility index (Phi) is 7.67. The lowest BCUT2D eigenvalue weighted by atomic mass is 9.86. The Morgan fingerprint density at radius 3 is 2.81 bits per heavy atom. The highest BCUT2D eigenvalue weighted by molar-refractivity contribution is 5.87. The molecule has 1 aromatic carbocycles. The number of aromatic nitrogens is 5. The van der Waals surface area contributed by atoms with Crippen LogP contribution in [0, 0.1) is 0 Å². The number of hydrogen-bond donors (Lipinski definition) is 3. The van der Waals surface area contributed by atoms with Gasteiger partial charge in [0.2, 0.25) is 5.91 Å². The number of carbonyl (C=O) groups excluding carboxylic acids is 2. The fourth-order valence-corrected chi connectivity index (χ4v) is 5.69. The van der Waals surface area contributed by atoms with Gasteiger partial charge in [-0.1, -0.05) is 25.0 Å². The third-order valence-corrected chi connectivity index (χ3v) is 8.12. The number of unbranched alkanes of at least 4 members (excludes halogenated alkanes) is 3. The van der Waals surface area contributed by atoms with Gasteiger partial charge in [0, 0.05) is 29.5 Å². The third-order valence-electron chi connectivity index (χ3n) is 8.12. The Balaban J connectivity index is 1.13. The average Bonchev–Trinajstić information content (AvgIpc) is 3.62. The number of nitrogens with one attached hydrogen (secondary N) is 1. The van der Waals surface area contributed by atoms with E-state index in [2.05, 4.69) is 10.3 Å². The number of pyridine rings is 2. The minimum Gasteiger partial charge on any atom is -0.487 e. The number of rotatable bonds is 11. The maximum atomic E-state index is 13.4. The average molecular weight is 589 g/mol. The predicted octanol–water partition coefficient (Wildman–Crippen LogP) is 2.71. The molecule has 1 amide bonds. The van der Waals surface area contributed by atoms with Crippen molar-refractivity contribution in [1.82, 2.24) is 30.0 Å². The van der Waals surface area contributed by atoms with Gasteiger partial charge in [0.15, 0.2) is 5.60 Å². The molecule has 1 atom stereocenters. The summed E-state index contributed by atoms with van der Waals surface area (Å²) in [5, 5.41) is 28.8. The molecule has 0 aliphatic carbocycles. The highest BCUT2D eigenvalue weighted by Crippen LogP contribution is 2.38. The normalized spacial score (nSPS) is 16.9. The molecule has 0 bridgehead atoms. The number of hydroxylamine groups is 1. The summed E-state index contributed by atoms with van der Waals surface area (Å²) in [6.45, 7) is 2.79. The van der Waals surface area contributed by atoms with Crippen LogP contribution in [0.3, 0.4) is 0 Å². The number of ether oxygens (including phenoxy) is 2. The van der Waals surface area contributed by atoms with E-state index >= 15 is 0 Å². The van der Waals surface area contributed by atoms with Gasteiger partial charge in [0.1, 0.15) is 24.7 Å². The third kappa shape index (κ3) is 5.37. The van der Waals surface area contributed by atoms with Gasteiger partial charge in [-0.2, -0.15) is 0 Å². The van der Waals surface area contributed by atoms with Gasteiger partial charge in [-0.25, -0.2) is 15.3 Å². The van der Waals surface area contributed by atoms with Crippen LogP contribution in [0.25, 0.3) is 22.3 Å². The molecule has 2 aliphatic rings. The van der Waals surface area contributed by atoms with Crippen LogP contribution < -0.4 is 15.8 Å². The summed E-state index contributed by atoms with van der Waals surface area (Å²) in [5.41, 5.74) is 3.56.